The SMILES string of the molecule is CCc1ccc(NC(=O)Nc2ccccc2SCc2cc(=O)n3ccccc3n2)cc1. The van der Waals surface area contributed by atoms with Crippen LogP contribution in [-0.2, 0) is 12.2 Å². The Morgan fingerprint density at radius 3 is 2.58 bits per heavy atom. The van der Waals surface area contributed by atoms with Crippen molar-refractivity contribution in [3.05, 3.63) is 101 Å². The Morgan fingerprint density at radius 1 is 1.00 bits per heavy atom. The van der Waals surface area contributed by atoms with Crippen LogP contribution in [0.5, 0.6) is 0 Å². The summed E-state index contributed by atoms with van der Waals surface area (Å²) in [6.45, 7) is 2.09. The van der Waals surface area contributed by atoms with E-state index in [9.17, 15) is 9.59 Å². The van der Waals surface area contributed by atoms with Gasteiger partial charge in [0.05, 0.1) is 11.4 Å². The molecular weight excluding hydrogens is 408 g/mol. The fourth-order valence-corrected chi connectivity index (χ4v) is 4.03. The minimum absolute atomic E-state index is 0.110. The van der Waals surface area contributed by atoms with Crippen LogP contribution >= 0.6 is 11.8 Å². The van der Waals surface area contributed by atoms with Crippen molar-refractivity contribution in [2.75, 3.05) is 10.6 Å². The van der Waals surface area contributed by atoms with Crippen LogP contribution in [-0.4, -0.2) is 15.4 Å². The normalized spacial score (nSPS) is 10.7. The van der Waals surface area contributed by atoms with E-state index in [0.717, 1.165) is 17.0 Å². The van der Waals surface area contributed by atoms with Crippen LogP contribution in [0.3, 0.4) is 0 Å². The highest BCUT2D eigenvalue weighted by Crippen LogP contribution is 2.29. The molecule has 2 aromatic carbocycles. The predicted octanol–water partition coefficient (Wildman–Crippen LogP) is 5.19. The highest BCUT2D eigenvalue weighted by Gasteiger charge is 2.09. The standard InChI is InChI=1S/C24H22N4O2S/c1-2-17-10-12-18(13-11-17)26-24(30)27-20-7-3-4-8-21(20)31-16-19-15-23(29)28-14-6-5-9-22(28)25-19/h3-15H,2,16H2,1H3,(H2,26,27,30). The summed E-state index contributed by atoms with van der Waals surface area (Å²) in [6.07, 6.45) is 2.66. The van der Waals surface area contributed by atoms with Crippen LogP contribution < -0.4 is 16.2 Å². The second kappa shape index (κ2) is 9.49. The van der Waals surface area contributed by atoms with Gasteiger partial charge in [-0.15, -0.1) is 11.8 Å². The number of aryl methyl sites for hydroxylation is 1. The molecule has 2 amide bonds. The monoisotopic (exact) mass is 430 g/mol. The summed E-state index contributed by atoms with van der Waals surface area (Å²) >= 11 is 1.52. The first-order valence-corrected chi connectivity index (χ1v) is 11.0. The van der Waals surface area contributed by atoms with Crippen LogP contribution in [0.2, 0.25) is 0 Å². The number of carbonyl (C=O) groups excluding carboxylic acids is 1. The second-order valence-electron chi connectivity index (χ2n) is 6.93. The van der Waals surface area contributed by atoms with E-state index in [0.29, 0.717) is 22.8 Å². The van der Waals surface area contributed by atoms with E-state index in [4.69, 9.17) is 0 Å². The molecular formula is C24H22N4O2S. The number of hydrogen-bond acceptors (Lipinski definition) is 4. The number of amides is 2. The van der Waals surface area contributed by atoms with E-state index < -0.39 is 0 Å². The zero-order chi connectivity index (χ0) is 21.6. The Hall–Kier alpha value is -3.58. The highest BCUT2D eigenvalue weighted by molar-refractivity contribution is 7.98. The quantitative estimate of drug-likeness (QED) is 0.413. The van der Waals surface area contributed by atoms with E-state index in [1.807, 2.05) is 60.7 Å². The third-order valence-corrected chi connectivity index (χ3v) is 5.86. The first-order valence-electron chi connectivity index (χ1n) is 9.98. The largest absolute Gasteiger partial charge is 0.323 e. The maximum Gasteiger partial charge on any atom is 0.323 e. The van der Waals surface area contributed by atoms with E-state index >= 15 is 0 Å². The van der Waals surface area contributed by atoms with Crippen LogP contribution in [0.4, 0.5) is 16.2 Å². The number of hydrogen-bond donors (Lipinski definition) is 2. The van der Waals surface area contributed by atoms with Crippen LogP contribution in [0.15, 0.2) is 88.7 Å². The number of thioether (sulfide) groups is 1. The summed E-state index contributed by atoms with van der Waals surface area (Å²) in [5, 5.41) is 5.76. The molecule has 0 saturated heterocycles. The molecule has 0 aliphatic heterocycles. The molecule has 0 radical (unpaired) electrons. The number of anilines is 2. The second-order valence-corrected chi connectivity index (χ2v) is 7.95. The summed E-state index contributed by atoms with van der Waals surface area (Å²) in [5.41, 5.74) is 3.85. The molecule has 0 unspecified atom stereocenters. The molecule has 2 aromatic heterocycles. The fraction of sp³-hybridized carbons (Fsp3) is 0.125. The molecule has 7 heteroatoms. The molecule has 4 aromatic rings. The van der Waals surface area contributed by atoms with Crippen molar-refractivity contribution in [2.24, 2.45) is 0 Å². The lowest BCUT2D eigenvalue weighted by Gasteiger charge is -2.12. The number of rotatable bonds is 6. The van der Waals surface area contributed by atoms with E-state index in [2.05, 4.69) is 22.5 Å². The van der Waals surface area contributed by atoms with Crippen LogP contribution in [0.25, 0.3) is 5.65 Å². The number of carbonyl (C=O) groups is 1. The summed E-state index contributed by atoms with van der Waals surface area (Å²) in [6, 6.07) is 22.1. The molecule has 0 aliphatic carbocycles. The van der Waals surface area contributed by atoms with Crippen molar-refractivity contribution in [1.82, 2.24) is 9.38 Å². The molecule has 0 bridgehead atoms. The number of nitrogens with zero attached hydrogens (tertiary/aromatic N) is 2. The molecule has 0 saturated carbocycles. The molecule has 4 rings (SSSR count). The number of fused-ring (bicyclic) bond motifs is 1. The van der Waals surface area contributed by atoms with Gasteiger partial charge in [0.1, 0.15) is 5.65 Å². The number of pyridine rings is 1. The highest BCUT2D eigenvalue weighted by atomic mass is 32.2. The van der Waals surface area contributed by atoms with Crippen molar-refractivity contribution >= 4 is 34.8 Å². The molecule has 31 heavy (non-hydrogen) atoms. The minimum atomic E-state index is -0.306. The molecule has 0 aliphatic rings. The molecule has 0 spiro atoms. The number of benzene rings is 2. The van der Waals surface area contributed by atoms with E-state index in [1.165, 1.54) is 21.7 Å². The van der Waals surface area contributed by atoms with Gasteiger partial charge in [0, 0.05) is 28.6 Å². The van der Waals surface area contributed by atoms with E-state index in [-0.39, 0.29) is 11.6 Å². The zero-order valence-corrected chi connectivity index (χ0v) is 17.9. The Kier molecular flexibility index (Phi) is 6.33. The third kappa shape index (κ3) is 5.13. The number of nitrogens with one attached hydrogen (secondary N) is 2. The Morgan fingerprint density at radius 2 is 1.77 bits per heavy atom. The lowest BCUT2D eigenvalue weighted by atomic mass is 10.1. The van der Waals surface area contributed by atoms with Gasteiger partial charge in [-0.25, -0.2) is 9.78 Å². The van der Waals surface area contributed by atoms with Crippen molar-refractivity contribution in [3.8, 4) is 0 Å². The first kappa shape index (κ1) is 20.7. The topological polar surface area (TPSA) is 75.5 Å². The lowest BCUT2D eigenvalue weighted by molar-refractivity contribution is 0.262. The molecule has 2 N–H and O–H groups in total. The fourth-order valence-electron chi connectivity index (χ4n) is 3.13. The average Bonchev–Trinajstić information content (AvgIpc) is 2.79. The van der Waals surface area contributed by atoms with Gasteiger partial charge in [0.15, 0.2) is 0 Å². The lowest BCUT2D eigenvalue weighted by Crippen LogP contribution is -2.19. The molecule has 6 nitrogen and oxygen atoms in total. The zero-order valence-electron chi connectivity index (χ0n) is 17.0. The number of aromatic nitrogens is 2. The maximum atomic E-state index is 12.5. The van der Waals surface area contributed by atoms with Gasteiger partial charge in [0.2, 0.25) is 0 Å². The summed E-state index contributed by atoms with van der Waals surface area (Å²) < 4.78 is 1.51. The van der Waals surface area contributed by atoms with Crippen molar-refractivity contribution < 1.29 is 4.79 Å². The van der Waals surface area contributed by atoms with Gasteiger partial charge in [0.25, 0.3) is 5.56 Å². The number of urea groups is 1. The van der Waals surface area contributed by atoms with E-state index in [1.54, 1.807) is 18.3 Å². The Bertz CT molecular complexity index is 1270. The summed E-state index contributed by atoms with van der Waals surface area (Å²) in [7, 11) is 0. The van der Waals surface area contributed by atoms with Gasteiger partial charge in [-0.05, 0) is 48.4 Å². The Labute approximate surface area is 184 Å². The molecule has 156 valence electrons. The van der Waals surface area contributed by atoms with Crippen LogP contribution in [0, 0.1) is 0 Å². The Balaban J connectivity index is 1.44. The van der Waals surface area contributed by atoms with Gasteiger partial charge in [-0.2, -0.15) is 0 Å². The van der Waals surface area contributed by atoms with Gasteiger partial charge >= 0.3 is 6.03 Å². The molecule has 0 atom stereocenters. The summed E-state index contributed by atoms with van der Waals surface area (Å²) in [5.74, 6) is 0.513. The number of para-hydroxylation sites is 1. The van der Waals surface area contributed by atoms with Gasteiger partial charge in [-0.1, -0.05) is 37.3 Å². The smallest absolute Gasteiger partial charge is 0.308 e. The van der Waals surface area contributed by atoms with Crippen molar-refractivity contribution in [2.45, 2.75) is 24.0 Å². The average molecular weight is 431 g/mol. The first-order chi connectivity index (χ1) is 15.1. The predicted molar refractivity (Wildman–Crippen MR) is 126 cm³/mol. The van der Waals surface area contributed by atoms with Gasteiger partial charge < -0.3 is 10.6 Å². The molecule has 0 fully saturated rings. The minimum Gasteiger partial charge on any atom is -0.308 e. The maximum absolute atomic E-state index is 12.5. The van der Waals surface area contributed by atoms with Crippen LogP contribution in [0.1, 0.15) is 18.2 Å². The summed E-state index contributed by atoms with van der Waals surface area (Å²) in [4.78, 5) is 30.2. The van der Waals surface area contributed by atoms with Crippen molar-refractivity contribution in [3.63, 3.8) is 0 Å². The van der Waals surface area contributed by atoms with Gasteiger partial charge in [-0.3, -0.25) is 9.20 Å². The molecule has 2 heterocycles. The van der Waals surface area contributed by atoms with Crippen molar-refractivity contribution in [1.29, 1.82) is 0 Å². The third-order valence-electron chi connectivity index (χ3n) is 4.75.